The lowest BCUT2D eigenvalue weighted by Crippen LogP contribution is -2.11. The molecule has 0 unspecified atom stereocenters. The topological polar surface area (TPSA) is 69.9 Å². The average Bonchev–Trinajstić information content (AvgIpc) is 2.73. The van der Waals surface area contributed by atoms with Gasteiger partial charge in [-0.1, -0.05) is 0 Å². The van der Waals surface area contributed by atoms with Crippen LogP contribution in [0.2, 0.25) is 0 Å². The predicted octanol–water partition coefficient (Wildman–Crippen LogP) is 1.05. The van der Waals surface area contributed by atoms with Crippen LogP contribution < -0.4 is 0 Å². The van der Waals surface area contributed by atoms with E-state index in [1.807, 2.05) is 6.07 Å². The van der Waals surface area contributed by atoms with Crippen LogP contribution in [-0.4, -0.2) is 32.3 Å². The molecule has 0 aliphatic carbocycles. The van der Waals surface area contributed by atoms with Gasteiger partial charge in [-0.3, -0.25) is 4.98 Å². The third kappa shape index (κ3) is 2.30. The second-order valence-corrected chi connectivity index (χ2v) is 3.34. The van der Waals surface area contributed by atoms with E-state index in [9.17, 15) is 4.79 Å². The first kappa shape index (κ1) is 11.3. The number of carbonyl (C=O) groups is 1. The number of esters is 1. The molecule has 0 N–H and O–H groups in total. The first-order valence-electron chi connectivity index (χ1n) is 5.21. The van der Waals surface area contributed by atoms with Gasteiger partial charge in [0.05, 0.1) is 6.61 Å². The van der Waals surface area contributed by atoms with Crippen molar-refractivity contribution in [2.24, 2.45) is 7.05 Å². The standard InChI is InChI=1S/C11H12N4O2/c1-3-17-11(16)10-13-9(14-15(10)2)8-5-4-6-12-7-8/h4-7H,3H2,1-2H3. The maximum atomic E-state index is 11.5. The number of aromatic nitrogens is 4. The van der Waals surface area contributed by atoms with E-state index in [1.165, 1.54) is 4.68 Å². The maximum Gasteiger partial charge on any atom is 0.376 e. The number of hydrogen-bond acceptors (Lipinski definition) is 5. The minimum absolute atomic E-state index is 0.186. The van der Waals surface area contributed by atoms with Crippen LogP contribution in [-0.2, 0) is 11.8 Å². The summed E-state index contributed by atoms with van der Waals surface area (Å²) in [6.07, 6.45) is 3.31. The number of aryl methyl sites for hydroxylation is 1. The molecule has 6 nitrogen and oxygen atoms in total. The smallest absolute Gasteiger partial charge is 0.376 e. The van der Waals surface area contributed by atoms with Crippen molar-refractivity contribution in [1.82, 2.24) is 19.7 Å². The third-order valence-electron chi connectivity index (χ3n) is 2.14. The Kier molecular flexibility index (Phi) is 3.13. The van der Waals surface area contributed by atoms with Crippen molar-refractivity contribution in [2.45, 2.75) is 6.92 Å². The molecule has 0 aliphatic heterocycles. The van der Waals surface area contributed by atoms with Crippen molar-refractivity contribution in [1.29, 1.82) is 0 Å². The molecule has 0 aromatic carbocycles. The summed E-state index contributed by atoms with van der Waals surface area (Å²) in [5.41, 5.74) is 0.763. The van der Waals surface area contributed by atoms with Crippen LogP contribution in [0, 0.1) is 0 Å². The SMILES string of the molecule is CCOC(=O)c1nc(-c2cccnc2)nn1C. The molecule has 0 amide bonds. The van der Waals surface area contributed by atoms with Crippen LogP contribution in [0.15, 0.2) is 24.5 Å². The molecule has 0 radical (unpaired) electrons. The Bertz CT molecular complexity index is 522. The lowest BCUT2D eigenvalue weighted by atomic mass is 10.3. The number of nitrogens with zero attached hydrogens (tertiary/aromatic N) is 4. The van der Waals surface area contributed by atoms with Gasteiger partial charge in [0.15, 0.2) is 5.82 Å². The van der Waals surface area contributed by atoms with Crippen molar-refractivity contribution in [3.63, 3.8) is 0 Å². The van der Waals surface area contributed by atoms with E-state index in [0.717, 1.165) is 5.56 Å². The molecule has 0 saturated carbocycles. The van der Waals surface area contributed by atoms with Crippen molar-refractivity contribution in [2.75, 3.05) is 6.61 Å². The Labute approximate surface area is 98.3 Å². The Balaban J connectivity index is 2.34. The molecule has 2 rings (SSSR count). The van der Waals surface area contributed by atoms with Gasteiger partial charge in [-0.05, 0) is 19.1 Å². The second kappa shape index (κ2) is 4.73. The fourth-order valence-corrected chi connectivity index (χ4v) is 1.38. The van der Waals surface area contributed by atoms with Gasteiger partial charge in [0.2, 0.25) is 5.82 Å². The molecule has 2 aromatic rings. The largest absolute Gasteiger partial charge is 0.460 e. The fourth-order valence-electron chi connectivity index (χ4n) is 1.38. The summed E-state index contributed by atoms with van der Waals surface area (Å²) in [5.74, 6) is 0.173. The van der Waals surface area contributed by atoms with Gasteiger partial charge in [-0.2, -0.15) is 5.10 Å². The fraction of sp³-hybridized carbons (Fsp3) is 0.273. The van der Waals surface area contributed by atoms with Gasteiger partial charge in [0, 0.05) is 25.0 Å². The van der Waals surface area contributed by atoms with Crippen LogP contribution in [0.4, 0.5) is 0 Å². The Morgan fingerprint density at radius 1 is 1.53 bits per heavy atom. The Morgan fingerprint density at radius 3 is 3.00 bits per heavy atom. The molecular weight excluding hydrogens is 220 g/mol. The van der Waals surface area contributed by atoms with Crippen LogP contribution in [0.25, 0.3) is 11.4 Å². The molecule has 6 heteroatoms. The zero-order chi connectivity index (χ0) is 12.3. The summed E-state index contributed by atoms with van der Waals surface area (Å²) >= 11 is 0. The predicted molar refractivity (Wildman–Crippen MR) is 60.2 cm³/mol. The van der Waals surface area contributed by atoms with Gasteiger partial charge < -0.3 is 4.74 Å². The Morgan fingerprint density at radius 2 is 2.35 bits per heavy atom. The second-order valence-electron chi connectivity index (χ2n) is 3.34. The number of ether oxygens (including phenoxy) is 1. The quantitative estimate of drug-likeness (QED) is 0.740. The van der Waals surface area contributed by atoms with E-state index in [2.05, 4.69) is 15.1 Å². The Hall–Kier alpha value is -2.24. The highest BCUT2D eigenvalue weighted by atomic mass is 16.5. The summed E-state index contributed by atoms with van der Waals surface area (Å²) in [4.78, 5) is 19.7. The van der Waals surface area contributed by atoms with Gasteiger partial charge in [0.1, 0.15) is 0 Å². The molecule has 0 aliphatic rings. The van der Waals surface area contributed by atoms with Crippen LogP contribution in [0.5, 0.6) is 0 Å². The molecule has 2 heterocycles. The van der Waals surface area contributed by atoms with Crippen LogP contribution in [0.3, 0.4) is 0 Å². The van der Waals surface area contributed by atoms with Gasteiger partial charge in [-0.15, -0.1) is 0 Å². The van der Waals surface area contributed by atoms with E-state index in [-0.39, 0.29) is 5.82 Å². The monoisotopic (exact) mass is 232 g/mol. The van der Waals surface area contributed by atoms with Crippen molar-refractivity contribution in [3.05, 3.63) is 30.4 Å². The number of pyridine rings is 1. The minimum Gasteiger partial charge on any atom is -0.460 e. The van der Waals surface area contributed by atoms with Crippen LogP contribution in [0.1, 0.15) is 17.5 Å². The van der Waals surface area contributed by atoms with E-state index in [1.54, 1.807) is 32.4 Å². The number of rotatable bonds is 3. The molecule has 0 bridgehead atoms. The van der Waals surface area contributed by atoms with Gasteiger partial charge in [0.25, 0.3) is 0 Å². The molecule has 2 aromatic heterocycles. The normalized spacial score (nSPS) is 10.2. The van der Waals surface area contributed by atoms with Crippen molar-refractivity contribution >= 4 is 5.97 Å². The highest BCUT2D eigenvalue weighted by Crippen LogP contribution is 2.13. The minimum atomic E-state index is -0.474. The summed E-state index contributed by atoms with van der Waals surface area (Å²) < 4.78 is 6.28. The summed E-state index contributed by atoms with van der Waals surface area (Å²) in [5, 5.41) is 4.15. The van der Waals surface area contributed by atoms with Crippen molar-refractivity contribution in [3.8, 4) is 11.4 Å². The molecule has 0 atom stereocenters. The number of hydrogen-bond donors (Lipinski definition) is 0. The summed E-state index contributed by atoms with van der Waals surface area (Å²) in [7, 11) is 1.65. The highest BCUT2D eigenvalue weighted by molar-refractivity contribution is 5.86. The van der Waals surface area contributed by atoms with Crippen LogP contribution >= 0.6 is 0 Å². The molecule has 0 spiro atoms. The van der Waals surface area contributed by atoms with Crippen molar-refractivity contribution < 1.29 is 9.53 Å². The maximum absolute atomic E-state index is 11.5. The highest BCUT2D eigenvalue weighted by Gasteiger charge is 2.17. The van der Waals surface area contributed by atoms with E-state index >= 15 is 0 Å². The molecule has 88 valence electrons. The van der Waals surface area contributed by atoms with Gasteiger partial charge in [-0.25, -0.2) is 14.5 Å². The third-order valence-corrected chi connectivity index (χ3v) is 2.14. The molecular formula is C11H12N4O2. The first-order valence-corrected chi connectivity index (χ1v) is 5.21. The lowest BCUT2D eigenvalue weighted by molar-refractivity contribution is 0.0506. The van der Waals surface area contributed by atoms with E-state index < -0.39 is 5.97 Å². The molecule has 0 fully saturated rings. The number of carbonyl (C=O) groups excluding carboxylic acids is 1. The zero-order valence-corrected chi connectivity index (χ0v) is 9.62. The van der Waals surface area contributed by atoms with Gasteiger partial charge >= 0.3 is 5.97 Å². The first-order chi connectivity index (χ1) is 8.22. The van der Waals surface area contributed by atoms with E-state index in [4.69, 9.17) is 4.74 Å². The molecule has 0 saturated heterocycles. The lowest BCUT2D eigenvalue weighted by Gasteiger charge is -1.98. The average molecular weight is 232 g/mol. The molecule has 17 heavy (non-hydrogen) atoms. The van der Waals surface area contributed by atoms with E-state index in [0.29, 0.717) is 12.4 Å². The zero-order valence-electron chi connectivity index (χ0n) is 9.62. The summed E-state index contributed by atoms with van der Waals surface area (Å²) in [6, 6.07) is 3.62. The summed E-state index contributed by atoms with van der Waals surface area (Å²) in [6.45, 7) is 2.06.